The van der Waals surface area contributed by atoms with Gasteiger partial charge in [-0.2, -0.15) is 0 Å². The Balaban J connectivity index is 1.93. The first-order valence-corrected chi connectivity index (χ1v) is 6.78. The maximum absolute atomic E-state index is 12.2. The molecule has 4 nitrogen and oxygen atoms in total. The lowest BCUT2D eigenvalue weighted by Crippen LogP contribution is -2.35. The summed E-state index contributed by atoms with van der Waals surface area (Å²) >= 11 is 0. The largest absolute Gasteiger partial charge is 0.494 e. The zero-order valence-corrected chi connectivity index (χ0v) is 11.5. The Kier molecular flexibility index (Phi) is 4.43. The molecule has 2 rings (SSSR count). The number of aliphatic hydroxyl groups excluding tert-OH is 1. The van der Waals surface area contributed by atoms with Crippen LogP contribution in [0.3, 0.4) is 0 Å². The fourth-order valence-corrected chi connectivity index (χ4v) is 2.07. The van der Waals surface area contributed by atoms with Crippen molar-refractivity contribution in [2.24, 2.45) is 5.92 Å². The van der Waals surface area contributed by atoms with Crippen molar-refractivity contribution < 1.29 is 14.6 Å². The number of likely N-dealkylation sites (N-methyl/N-ethyl adjacent to an activating group) is 1. The molecule has 0 heterocycles. The highest BCUT2D eigenvalue weighted by molar-refractivity contribution is 5.94. The average Bonchev–Trinajstić information content (AvgIpc) is 3.23. The number of carbonyl (C=O) groups excluding carboxylic acids is 1. The van der Waals surface area contributed by atoms with Gasteiger partial charge in [-0.25, -0.2) is 0 Å². The predicted octanol–water partition coefficient (Wildman–Crippen LogP) is 1.93. The Bertz CT molecular complexity index is 426. The quantitative estimate of drug-likeness (QED) is 0.853. The topological polar surface area (TPSA) is 49.8 Å². The Labute approximate surface area is 114 Å². The number of carbonyl (C=O) groups is 1. The van der Waals surface area contributed by atoms with Gasteiger partial charge in [0.25, 0.3) is 5.91 Å². The lowest BCUT2D eigenvalue weighted by Gasteiger charge is -2.20. The summed E-state index contributed by atoms with van der Waals surface area (Å²) in [6, 6.07) is 7.10. The standard InChI is InChI=1S/C15H21NO3/c1-3-19-13-8-6-12(7-9-13)15(18)16(2)10-14(17)11-4-5-11/h6-9,11,14,17H,3-5,10H2,1-2H3. The van der Waals surface area contributed by atoms with E-state index in [4.69, 9.17) is 4.74 Å². The number of hydrogen-bond acceptors (Lipinski definition) is 3. The molecule has 1 fully saturated rings. The molecule has 0 bridgehead atoms. The number of nitrogens with zero attached hydrogens (tertiary/aromatic N) is 1. The molecule has 1 atom stereocenters. The van der Waals surface area contributed by atoms with Crippen molar-refractivity contribution in [3.8, 4) is 5.75 Å². The molecule has 0 saturated heterocycles. The molecule has 0 spiro atoms. The molecule has 19 heavy (non-hydrogen) atoms. The molecule has 1 aliphatic rings. The Morgan fingerprint density at radius 3 is 2.58 bits per heavy atom. The van der Waals surface area contributed by atoms with Gasteiger partial charge in [-0.15, -0.1) is 0 Å². The molecule has 1 N–H and O–H groups in total. The third kappa shape index (κ3) is 3.70. The van der Waals surface area contributed by atoms with Crippen molar-refractivity contribution in [1.82, 2.24) is 4.90 Å². The van der Waals surface area contributed by atoms with Crippen LogP contribution in [0.25, 0.3) is 0 Å². The van der Waals surface area contributed by atoms with Crippen LogP contribution in [0, 0.1) is 5.92 Å². The van der Waals surface area contributed by atoms with Gasteiger partial charge in [-0.1, -0.05) is 0 Å². The number of ether oxygens (including phenoxy) is 1. The summed E-state index contributed by atoms with van der Waals surface area (Å²) in [4.78, 5) is 13.7. The molecule has 1 unspecified atom stereocenters. The third-order valence-corrected chi connectivity index (χ3v) is 3.39. The molecular formula is C15H21NO3. The first-order chi connectivity index (χ1) is 9.11. The van der Waals surface area contributed by atoms with Crippen molar-refractivity contribution >= 4 is 5.91 Å². The van der Waals surface area contributed by atoms with Crippen molar-refractivity contribution in [3.63, 3.8) is 0 Å². The Hall–Kier alpha value is -1.55. The van der Waals surface area contributed by atoms with Crippen LogP contribution in [0.1, 0.15) is 30.1 Å². The Morgan fingerprint density at radius 2 is 2.05 bits per heavy atom. The van der Waals surface area contributed by atoms with Gasteiger partial charge in [0.15, 0.2) is 0 Å². The second-order valence-electron chi connectivity index (χ2n) is 5.05. The van der Waals surface area contributed by atoms with Gasteiger partial charge in [-0.3, -0.25) is 4.79 Å². The molecule has 4 heteroatoms. The number of amides is 1. The summed E-state index contributed by atoms with van der Waals surface area (Å²) < 4.78 is 5.34. The molecule has 1 saturated carbocycles. The van der Waals surface area contributed by atoms with Gasteiger partial charge in [-0.05, 0) is 49.9 Å². The fourth-order valence-electron chi connectivity index (χ4n) is 2.07. The van der Waals surface area contributed by atoms with Gasteiger partial charge in [0.1, 0.15) is 5.75 Å². The summed E-state index contributed by atoms with van der Waals surface area (Å²) in [5.74, 6) is 1.08. The minimum atomic E-state index is -0.392. The zero-order valence-electron chi connectivity index (χ0n) is 11.5. The minimum absolute atomic E-state index is 0.0669. The maximum atomic E-state index is 12.2. The highest BCUT2D eigenvalue weighted by Gasteiger charge is 2.31. The molecule has 104 valence electrons. The molecule has 1 aliphatic carbocycles. The lowest BCUT2D eigenvalue weighted by atomic mass is 10.1. The maximum Gasteiger partial charge on any atom is 0.253 e. The van der Waals surface area contributed by atoms with E-state index in [0.717, 1.165) is 18.6 Å². The van der Waals surface area contributed by atoms with E-state index in [-0.39, 0.29) is 5.91 Å². The molecule has 0 radical (unpaired) electrons. The highest BCUT2D eigenvalue weighted by atomic mass is 16.5. The first kappa shape index (κ1) is 13.9. The second kappa shape index (κ2) is 6.06. The molecule has 1 aromatic carbocycles. The zero-order chi connectivity index (χ0) is 13.8. The van der Waals surface area contributed by atoms with Gasteiger partial charge in [0.05, 0.1) is 12.7 Å². The lowest BCUT2D eigenvalue weighted by molar-refractivity contribution is 0.0645. The van der Waals surface area contributed by atoms with Crippen LogP contribution in [0.15, 0.2) is 24.3 Å². The van der Waals surface area contributed by atoms with E-state index in [9.17, 15) is 9.90 Å². The summed E-state index contributed by atoms with van der Waals surface area (Å²) in [6.45, 7) is 2.93. The molecular weight excluding hydrogens is 242 g/mol. The second-order valence-corrected chi connectivity index (χ2v) is 5.05. The smallest absolute Gasteiger partial charge is 0.253 e. The van der Waals surface area contributed by atoms with E-state index < -0.39 is 6.10 Å². The number of hydrogen-bond donors (Lipinski definition) is 1. The molecule has 1 amide bonds. The highest BCUT2D eigenvalue weighted by Crippen LogP contribution is 2.32. The normalized spacial score (nSPS) is 15.9. The van der Waals surface area contributed by atoms with Gasteiger partial charge in [0, 0.05) is 19.2 Å². The number of benzene rings is 1. The number of aliphatic hydroxyl groups is 1. The van der Waals surface area contributed by atoms with Gasteiger partial charge >= 0.3 is 0 Å². The van der Waals surface area contributed by atoms with E-state index in [1.807, 2.05) is 6.92 Å². The van der Waals surface area contributed by atoms with Crippen LogP contribution in [-0.2, 0) is 0 Å². The van der Waals surface area contributed by atoms with Crippen molar-refractivity contribution in [3.05, 3.63) is 29.8 Å². The van der Waals surface area contributed by atoms with Crippen LogP contribution >= 0.6 is 0 Å². The molecule has 0 aliphatic heterocycles. The summed E-state index contributed by atoms with van der Waals surface area (Å²) in [5.41, 5.74) is 0.619. The average molecular weight is 263 g/mol. The summed E-state index contributed by atoms with van der Waals surface area (Å²) in [7, 11) is 1.73. The Morgan fingerprint density at radius 1 is 1.42 bits per heavy atom. The minimum Gasteiger partial charge on any atom is -0.494 e. The van der Waals surface area contributed by atoms with Crippen molar-refractivity contribution in [1.29, 1.82) is 0 Å². The third-order valence-electron chi connectivity index (χ3n) is 3.39. The van der Waals surface area contributed by atoms with Crippen LogP contribution in [-0.4, -0.2) is 42.2 Å². The van der Waals surface area contributed by atoms with Crippen LogP contribution in [0.2, 0.25) is 0 Å². The van der Waals surface area contributed by atoms with Gasteiger partial charge < -0.3 is 14.7 Å². The van der Waals surface area contributed by atoms with E-state index in [2.05, 4.69) is 0 Å². The van der Waals surface area contributed by atoms with Crippen molar-refractivity contribution in [2.75, 3.05) is 20.2 Å². The fraction of sp³-hybridized carbons (Fsp3) is 0.533. The van der Waals surface area contributed by atoms with Crippen LogP contribution in [0.5, 0.6) is 5.75 Å². The monoisotopic (exact) mass is 263 g/mol. The SMILES string of the molecule is CCOc1ccc(C(=O)N(C)CC(O)C2CC2)cc1. The molecule has 1 aromatic rings. The summed E-state index contributed by atoms with van der Waals surface area (Å²) in [6.07, 6.45) is 1.76. The summed E-state index contributed by atoms with van der Waals surface area (Å²) in [5, 5.41) is 9.86. The van der Waals surface area contributed by atoms with Crippen LogP contribution < -0.4 is 4.74 Å². The van der Waals surface area contributed by atoms with E-state index >= 15 is 0 Å². The first-order valence-electron chi connectivity index (χ1n) is 6.78. The van der Waals surface area contributed by atoms with Crippen molar-refractivity contribution in [2.45, 2.75) is 25.9 Å². The van der Waals surface area contributed by atoms with Gasteiger partial charge in [0.2, 0.25) is 0 Å². The van der Waals surface area contributed by atoms with E-state index in [1.54, 1.807) is 36.2 Å². The molecule has 0 aromatic heterocycles. The number of rotatable bonds is 6. The van der Waals surface area contributed by atoms with E-state index in [0.29, 0.717) is 24.6 Å². The van der Waals surface area contributed by atoms with Crippen LogP contribution in [0.4, 0.5) is 0 Å². The predicted molar refractivity (Wildman–Crippen MR) is 73.3 cm³/mol. The van der Waals surface area contributed by atoms with E-state index in [1.165, 1.54) is 0 Å².